The van der Waals surface area contributed by atoms with E-state index in [-0.39, 0.29) is 5.92 Å². The molecule has 98 valence electrons. The maximum atomic E-state index is 13.6. The molecule has 1 aliphatic carbocycles. The molecule has 0 amide bonds. The molecule has 0 bridgehead atoms. The van der Waals surface area contributed by atoms with Gasteiger partial charge in [0.1, 0.15) is 16.6 Å². The molecule has 0 radical (unpaired) electrons. The number of allylic oxidation sites excluding steroid dienone is 4. The summed E-state index contributed by atoms with van der Waals surface area (Å²) in [5.74, 6) is -0.164. The molecule has 1 aliphatic heterocycles. The van der Waals surface area contributed by atoms with Crippen LogP contribution in [0, 0.1) is 5.92 Å². The van der Waals surface area contributed by atoms with Crippen molar-refractivity contribution in [3.8, 4) is 0 Å². The van der Waals surface area contributed by atoms with Gasteiger partial charge in [0.05, 0.1) is 0 Å². The van der Waals surface area contributed by atoms with Gasteiger partial charge in [-0.2, -0.15) is 0 Å². The molecule has 0 aromatic rings. The Morgan fingerprint density at radius 1 is 1.56 bits per heavy atom. The average molecular weight is 285 g/mol. The van der Waals surface area contributed by atoms with Crippen molar-refractivity contribution < 1.29 is 8.94 Å². The Kier molecular flexibility index (Phi) is 4.25. The average Bonchev–Trinajstić information content (AvgIpc) is 2.38. The Bertz CT molecular complexity index is 421. The highest BCUT2D eigenvalue weighted by Gasteiger charge is 2.51. The third-order valence-electron chi connectivity index (χ3n) is 3.39. The molecule has 0 saturated carbocycles. The van der Waals surface area contributed by atoms with Gasteiger partial charge in [0.25, 0.3) is 0 Å². The first-order valence-electron chi connectivity index (χ1n) is 5.91. The first-order chi connectivity index (χ1) is 8.61. The summed E-state index contributed by atoms with van der Waals surface area (Å²) in [4.78, 5) is 0.505. The highest BCUT2D eigenvalue weighted by molar-refractivity contribution is 7.98. The smallest absolute Gasteiger partial charge is 0.204 e. The molecule has 2 nitrogen and oxygen atoms in total. The van der Waals surface area contributed by atoms with Crippen molar-refractivity contribution in [2.45, 2.75) is 23.8 Å². The normalized spacial score (nSPS) is 38.7. The second kappa shape index (κ2) is 5.55. The van der Waals surface area contributed by atoms with E-state index in [0.717, 1.165) is 0 Å². The molecule has 2 aliphatic rings. The number of rotatable bonds is 2. The molecule has 0 saturated heterocycles. The molecule has 5 heteroatoms. The van der Waals surface area contributed by atoms with Crippen molar-refractivity contribution >= 4 is 28.4 Å². The lowest BCUT2D eigenvalue weighted by atomic mass is 9.82. The van der Waals surface area contributed by atoms with Crippen LogP contribution in [0.2, 0.25) is 0 Å². The molecule has 1 N–H and O–H groups in total. The minimum atomic E-state index is -1.27. The van der Waals surface area contributed by atoms with Crippen molar-refractivity contribution in [3.05, 3.63) is 35.8 Å². The van der Waals surface area contributed by atoms with Crippen LogP contribution in [0.25, 0.3) is 0 Å². The Morgan fingerprint density at radius 2 is 2.33 bits per heavy atom. The fourth-order valence-electron chi connectivity index (χ4n) is 2.46. The van der Waals surface area contributed by atoms with Crippen LogP contribution in [0.1, 0.15) is 12.8 Å². The molecule has 0 aromatic heterocycles. The number of hydrogen-bond donors (Lipinski definition) is 1. The zero-order valence-corrected chi connectivity index (χ0v) is 11.8. The second-order valence-electron chi connectivity index (χ2n) is 4.46. The summed E-state index contributed by atoms with van der Waals surface area (Å²) < 4.78 is 25.2. The lowest BCUT2D eigenvalue weighted by molar-refractivity contribution is 0.271. The van der Waals surface area contributed by atoms with Gasteiger partial charge < -0.3 is 9.87 Å². The van der Waals surface area contributed by atoms with Crippen LogP contribution in [-0.2, 0) is 11.2 Å². The number of hydrogen-bond acceptors (Lipinski definition) is 2. The van der Waals surface area contributed by atoms with Crippen molar-refractivity contribution in [2.24, 2.45) is 5.92 Å². The summed E-state index contributed by atoms with van der Waals surface area (Å²) >= 11 is 4.07. The van der Waals surface area contributed by atoms with Crippen LogP contribution in [0.15, 0.2) is 35.8 Å². The van der Waals surface area contributed by atoms with Gasteiger partial charge in [0, 0.05) is 13.0 Å². The van der Waals surface area contributed by atoms with Gasteiger partial charge in [-0.25, -0.2) is 4.39 Å². The summed E-state index contributed by atoms with van der Waals surface area (Å²) in [5.41, 5.74) is 0. The highest BCUT2D eigenvalue weighted by atomic mass is 32.2. The fourth-order valence-corrected chi connectivity index (χ4v) is 4.35. The summed E-state index contributed by atoms with van der Waals surface area (Å²) in [7, 11) is 1.72. The SMILES string of the molecule is CNC(=S)[C@@]1(C2C=CCC(F)C2)C=CC=C[S@+]1[O-]. The lowest BCUT2D eigenvalue weighted by Crippen LogP contribution is -2.54. The minimum absolute atomic E-state index is 0.164. The Labute approximate surface area is 115 Å². The van der Waals surface area contributed by atoms with E-state index in [1.807, 2.05) is 24.3 Å². The molecule has 1 heterocycles. The van der Waals surface area contributed by atoms with Gasteiger partial charge in [-0.3, -0.25) is 0 Å². The fraction of sp³-hybridized carbons (Fsp3) is 0.462. The molecular formula is C13H16FNOS2. The van der Waals surface area contributed by atoms with E-state index in [1.54, 1.807) is 18.5 Å². The number of alkyl halides is 1. The monoisotopic (exact) mass is 285 g/mol. The van der Waals surface area contributed by atoms with Crippen LogP contribution in [0.4, 0.5) is 4.39 Å². The third-order valence-corrected chi connectivity index (χ3v) is 5.78. The minimum Gasteiger partial charge on any atom is -0.611 e. The number of thiocarbonyl (C=S) groups is 1. The third kappa shape index (κ3) is 2.27. The van der Waals surface area contributed by atoms with E-state index in [4.69, 9.17) is 12.2 Å². The molecule has 4 atom stereocenters. The molecule has 18 heavy (non-hydrogen) atoms. The zero-order valence-electron chi connectivity index (χ0n) is 10.1. The maximum absolute atomic E-state index is 13.6. The summed E-state index contributed by atoms with van der Waals surface area (Å²) in [5, 5.41) is 4.54. The van der Waals surface area contributed by atoms with Crippen LogP contribution in [-0.4, -0.2) is 27.5 Å². The molecule has 0 spiro atoms. The van der Waals surface area contributed by atoms with E-state index in [2.05, 4.69) is 5.32 Å². The van der Waals surface area contributed by atoms with E-state index < -0.39 is 22.1 Å². The maximum Gasteiger partial charge on any atom is 0.204 e. The lowest BCUT2D eigenvalue weighted by Gasteiger charge is -2.39. The van der Waals surface area contributed by atoms with E-state index in [1.165, 1.54) is 0 Å². The van der Waals surface area contributed by atoms with Crippen molar-refractivity contribution in [1.29, 1.82) is 0 Å². The second-order valence-corrected chi connectivity index (χ2v) is 6.41. The predicted octanol–water partition coefficient (Wildman–Crippen LogP) is 2.41. The van der Waals surface area contributed by atoms with Gasteiger partial charge in [0.2, 0.25) is 4.75 Å². The van der Waals surface area contributed by atoms with Crippen molar-refractivity contribution in [3.63, 3.8) is 0 Å². The highest BCUT2D eigenvalue weighted by Crippen LogP contribution is 2.40. The van der Waals surface area contributed by atoms with Crippen molar-refractivity contribution in [1.82, 2.24) is 5.32 Å². The Hall–Kier alpha value is -0.650. The standard InChI is InChI=1S/C13H16FNOS2/c1-15-12(17)13(7-2-3-8-18(13)16)10-5-4-6-11(14)9-10/h2-5,7-8,10-11H,6,9H2,1H3,(H,15,17)/t10?,11?,13-,18-/m0/s1. The van der Waals surface area contributed by atoms with Gasteiger partial charge in [-0.15, -0.1) is 0 Å². The van der Waals surface area contributed by atoms with E-state index >= 15 is 0 Å². The van der Waals surface area contributed by atoms with Crippen LogP contribution in [0.3, 0.4) is 0 Å². The zero-order chi connectivity index (χ0) is 13.2. The molecule has 2 rings (SSSR count). The Balaban J connectivity index is 2.39. The van der Waals surface area contributed by atoms with E-state index in [9.17, 15) is 8.94 Å². The quantitative estimate of drug-likeness (QED) is 0.481. The van der Waals surface area contributed by atoms with Crippen LogP contribution < -0.4 is 5.32 Å². The summed E-state index contributed by atoms with van der Waals surface area (Å²) in [6.07, 6.45) is 9.10. The van der Waals surface area contributed by atoms with Crippen LogP contribution >= 0.6 is 12.2 Å². The topological polar surface area (TPSA) is 35.1 Å². The van der Waals surface area contributed by atoms with Gasteiger partial charge in [0.15, 0.2) is 0 Å². The number of halogens is 1. The summed E-state index contributed by atoms with van der Waals surface area (Å²) in [6, 6.07) is 0. The summed E-state index contributed by atoms with van der Waals surface area (Å²) in [6.45, 7) is 0. The van der Waals surface area contributed by atoms with Crippen LogP contribution in [0.5, 0.6) is 0 Å². The first-order valence-corrected chi connectivity index (χ1v) is 7.53. The molecule has 2 unspecified atom stereocenters. The van der Waals surface area contributed by atoms with Gasteiger partial charge in [-0.1, -0.05) is 30.4 Å². The molecule has 0 fully saturated rings. The van der Waals surface area contributed by atoms with E-state index in [0.29, 0.717) is 17.8 Å². The molecular weight excluding hydrogens is 269 g/mol. The van der Waals surface area contributed by atoms with Gasteiger partial charge in [-0.05, 0) is 36.2 Å². The number of nitrogens with one attached hydrogen (secondary N) is 1. The van der Waals surface area contributed by atoms with Gasteiger partial charge >= 0.3 is 0 Å². The Morgan fingerprint density at radius 3 is 2.94 bits per heavy atom. The van der Waals surface area contributed by atoms with Crippen molar-refractivity contribution in [2.75, 3.05) is 7.05 Å². The molecule has 0 aromatic carbocycles. The predicted molar refractivity (Wildman–Crippen MR) is 77.6 cm³/mol. The first kappa shape index (κ1) is 13.8. The largest absolute Gasteiger partial charge is 0.611 e.